The Morgan fingerprint density at radius 1 is 0.931 bits per heavy atom. The number of halogens is 1. The number of nitrogens with zero attached hydrogens (tertiary/aromatic N) is 1. The van der Waals surface area contributed by atoms with Crippen LogP contribution in [-0.2, 0) is 10.0 Å². The van der Waals surface area contributed by atoms with Crippen LogP contribution in [0.3, 0.4) is 0 Å². The Morgan fingerprint density at radius 2 is 1.62 bits per heavy atom. The molecule has 0 bridgehead atoms. The fourth-order valence-corrected chi connectivity index (χ4v) is 4.52. The number of hydrogen-bond acceptors (Lipinski definition) is 5. The third-order valence-electron chi connectivity index (χ3n) is 3.82. The Kier molecular flexibility index (Phi) is 5.95. The van der Waals surface area contributed by atoms with Crippen molar-refractivity contribution in [2.45, 2.75) is 4.90 Å². The standard InChI is InChI=1S/C19H14BrN3O5S/c20-17-10-9-13(19(24)21-15-7-4-8-16(12-15)23(25)26)11-18(17)29(27,28)22-14-5-2-1-3-6-14/h1-12,22H,(H,21,24). The lowest BCUT2D eigenvalue weighted by atomic mass is 10.2. The number of para-hydroxylation sites is 1. The number of carbonyl (C=O) groups is 1. The second-order valence-corrected chi connectivity index (χ2v) is 8.38. The summed E-state index contributed by atoms with van der Waals surface area (Å²) in [5.41, 5.74) is 0.506. The Labute approximate surface area is 174 Å². The van der Waals surface area contributed by atoms with E-state index < -0.39 is 20.9 Å². The van der Waals surface area contributed by atoms with E-state index >= 15 is 0 Å². The first-order chi connectivity index (χ1) is 13.8. The van der Waals surface area contributed by atoms with Gasteiger partial charge in [-0.15, -0.1) is 0 Å². The maximum absolute atomic E-state index is 12.7. The number of rotatable bonds is 6. The van der Waals surface area contributed by atoms with Gasteiger partial charge in [-0.1, -0.05) is 24.3 Å². The van der Waals surface area contributed by atoms with Crippen LogP contribution in [0.15, 0.2) is 82.2 Å². The Balaban J connectivity index is 1.87. The van der Waals surface area contributed by atoms with Gasteiger partial charge >= 0.3 is 0 Å². The molecule has 0 aliphatic rings. The van der Waals surface area contributed by atoms with Gasteiger partial charge in [-0.25, -0.2) is 8.42 Å². The van der Waals surface area contributed by atoms with Crippen LogP contribution in [0, 0.1) is 10.1 Å². The normalized spacial score (nSPS) is 10.9. The highest BCUT2D eigenvalue weighted by Gasteiger charge is 2.20. The van der Waals surface area contributed by atoms with E-state index in [4.69, 9.17) is 0 Å². The van der Waals surface area contributed by atoms with E-state index in [-0.39, 0.29) is 26.3 Å². The van der Waals surface area contributed by atoms with E-state index in [1.165, 1.54) is 42.5 Å². The Hall–Kier alpha value is -3.24. The zero-order valence-electron chi connectivity index (χ0n) is 14.7. The SMILES string of the molecule is O=C(Nc1cccc([N+](=O)[O-])c1)c1ccc(Br)c(S(=O)(=O)Nc2ccccc2)c1. The molecule has 0 aliphatic carbocycles. The van der Waals surface area contributed by atoms with Crippen LogP contribution in [0.5, 0.6) is 0 Å². The summed E-state index contributed by atoms with van der Waals surface area (Å²) in [6.45, 7) is 0. The van der Waals surface area contributed by atoms with Crippen molar-refractivity contribution in [2.75, 3.05) is 10.0 Å². The van der Waals surface area contributed by atoms with E-state index in [0.717, 1.165) is 0 Å². The molecule has 0 heterocycles. The van der Waals surface area contributed by atoms with Crippen molar-refractivity contribution >= 4 is 48.9 Å². The molecule has 2 N–H and O–H groups in total. The fourth-order valence-electron chi connectivity index (χ4n) is 2.47. The van der Waals surface area contributed by atoms with Gasteiger partial charge in [-0.2, -0.15) is 0 Å². The van der Waals surface area contributed by atoms with Crippen LogP contribution in [0.1, 0.15) is 10.4 Å². The number of anilines is 2. The molecule has 10 heteroatoms. The van der Waals surface area contributed by atoms with Crippen LogP contribution < -0.4 is 10.0 Å². The van der Waals surface area contributed by atoms with Gasteiger partial charge in [0.2, 0.25) is 0 Å². The minimum Gasteiger partial charge on any atom is -0.322 e. The number of sulfonamides is 1. The molecule has 29 heavy (non-hydrogen) atoms. The Bertz CT molecular complexity index is 1180. The highest BCUT2D eigenvalue weighted by molar-refractivity contribution is 9.10. The van der Waals surface area contributed by atoms with Crippen LogP contribution in [-0.4, -0.2) is 19.2 Å². The smallest absolute Gasteiger partial charge is 0.271 e. The first kappa shape index (κ1) is 20.5. The molecule has 0 aromatic heterocycles. The predicted octanol–water partition coefficient (Wildman–Crippen LogP) is 4.41. The summed E-state index contributed by atoms with van der Waals surface area (Å²) >= 11 is 3.20. The lowest BCUT2D eigenvalue weighted by Crippen LogP contribution is -2.16. The van der Waals surface area contributed by atoms with Crippen LogP contribution in [0.2, 0.25) is 0 Å². The highest BCUT2D eigenvalue weighted by Crippen LogP contribution is 2.26. The second kappa shape index (κ2) is 8.41. The van der Waals surface area contributed by atoms with E-state index in [1.54, 1.807) is 30.3 Å². The van der Waals surface area contributed by atoms with Crippen LogP contribution >= 0.6 is 15.9 Å². The summed E-state index contributed by atoms with van der Waals surface area (Å²) in [5.74, 6) is -0.603. The number of carbonyl (C=O) groups excluding carboxylic acids is 1. The predicted molar refractivity (Wildman–Crippen MR) is 112 cm³/mol. The topological polar surface area (TPSA) is 118 Å². The molecule has 0 saturated carbocycles. The number of nitrogens with one attached hydrogen (secondary N) is 2. The first-order valence-electron chi connectivity index (χ1n) is 8.19. The molecule has 3 aromatic rings. The third-order valence-corrected chi connectivity index (χ3v) is 6.20. The van der Waals surface area contributed by atoms with Crippen molar-refractivity contribution in [3.05, 3.63) is 92.9 Å². The second-order valence-electron chi connectivity index (χ2n) is 5.88. The molecule has 0 unspecified atom stereocenters. The van der Waals surface area contributed by atoms with Crippen molar-refractivity contribution in [1.82, 2.24) is 0 Å². The number of amides is 1. The first-order valence-corrected chi connectivity index (χ1v) is 10.5. The molecule has 3 rings (SSSR count). The molecule has 0 aliphatic heterocycles. The molecule has 0 fully saturated rings. The van der Waals surface area contributed by atoms with Crippen LogP contribution in [0.25, 0.3) is 0 Å². The summed E-state index contributed by atoms with van der Waals surface area (Å²) < 4.78 is 28.2. The summed E-state index contributed by atoms with van der Waals surface area (Å²) in [6, 6.07) is 17.9. The largest absolute Gasteiger partial charge is 0.322 e. The average Bonchev–Trinajstić information content (AvgIpc) is 2.68. The highest BCUT2D eigenvalue weighted by atomic mass is 79.9. The third kappa shape index (κ3) is 4.98. The number of nitro benzene ring substituents is 1. The molecule has 0 atom stereocenters. The summed E-state index contributed by atoms with van der Waals surface area (Å²) in [7, 11) is -3.96. The summed E-state index contributed by atoms with van der Waals surface area (Å²) in [5, 5.41) is 13.4. The Morgan fingerprint density at radius 3 is 2.31 bits per heavy atom. The molecule has 0 spiro atoms. The summed E-state index contributed by atoms with van der Waals surface area (Å²) in [4.78, 5) is 22.7. The van der Waals surface area contributed by atoms with Gasteiger partial charge in [0, 0.05) is 33.5 Å². The van der Waals surface area contributed by atoms with Gasteiger partial charge in [-0.3, -0.25) is 19.6 Å². The van der Waals surface area contributed by atoms with E-state index in [9.17, 15) is 23.3 Å². The van der Waals surface area contributed by atoms with Crippen molar-refractivity contribution in [1.29, 1.82) is 0 Å². The maximum atomic E-state index is 12.7. The van der Waals surface area contributed by atoms with Gasteiger partial charge in [0.25, 0.3) is 21.6 Å². The molecular formula is C19H14BrN3O5S. The van der Waals surface area contributed by atoms with Gasteiger partial charge in [0.05, 0.1) is 4.92 Å². The number of hydrogen-bond donors (Lipinski definition) is 2. The maximum Gasteiger partial charge on any atom is 0.271 e. The molecule has 1 amide bonds. The molecule has 8 nitrogen and oxygen atoms in total. The zero-order valence-corrected chi connectivity index (χ0v) is 17.1. The fraction of sp³-hybridized carbons (Fsp3) is 0. The van der Waals surface area contributed by atoms with Crippen LogP contribution in [0.4, 0.5) is 17.1 Å². The lowest BCUT2D eigenvalue weighted by Gasteiger charge is -2.11. The van der Waals surface area contributed by atoms with Gasteiger partial charge in [0.1, 0.15) is 4.90 Å². The molecule has 0 saturated heterocycles. The van der Waals surface area contributed by atoms with Gasteiger partial charge in [-0.05, 0) is 52.3 Å². The monoisotopic (exact) mass is 475 g/mol. The van der Waals surface area contributed by atoms with Gasteiger partial charge in [0.15, 0.2) is 0 Å². The minimum atomic E-state index is -3.96. The number of nitro groups is 1. The molecule has 0 radical (unpaired) electrons. The van der Waals surface area contributed by atoms with E-state index in [2.05, 4.69) is 26.0 Å². The quantitative estimate of drug-likeness (QED) is 0.404. The lowest BCUT2D eigenvalue weighted by molar-refractivity contribution is -0.384. The van der Waals surface area contributed by atoms with E-state index in [0.29, 0.717) is 5.69 Å². The zero-order chi connectivity index (χ0) is 21.0. The van der Waals surface area contributed by atoms with Crippen molar-refractivity contribution in [3.8, 4) is 0 Å². The molecular weight excluding hydrogens is 462 g/mol. The molecule has 148 valence electrons. The van der Waals surface area contributed by atoms with Crippen molar-refractivity contribution in [2.24, 2.45) is 0 Å². The summed E-state index contributed by atoms with van der Waals surface area (Å²) in [6.07, 6.45) is 0. The molecule has 3 aromatic carbocycles. The van der Waals surface area contributed by atoms with Crippen molar-refractivity contribution in [3.63, 3.8) is 0 Å². The average molecular weight is 476 g/mol. The van der Waals surface area contributed by atoms with Gasteiger partial charge < -0.3 is 5.32 Å². The minimum absolute atomic E-state index is 0.0770. The number of non-ortho nitro benzene ring substituents is 1. The van der Waals surface area contributed by atoms with Crippen molar-refractivity contribution < 1.29 is 18.1 Å². The van der Waals surface area contributed by atoms with E-state index in [1.807, 2.05) is 0 Å². The number of benzene rings is 3.